The number of hydrogen-bond donors (Lipinski definition) is 1. The van der Waals surface area contributed by atoms with E-state index in [1.807, 2.05) is 24.3 Å². The van der Waals surface area contributed by atoms with Crippen LogP contribution in [0.4, 0.5) is 0 Å². The third-order valence-electron chi connectivity index (χ3n) is 3.15. The van der Waals surface area contributed by atoms with E-state index in [1.165, 1.54) is 0 Å². The van der Waals surface area contributed by atoms with Crippen LogP contribution in [0.1, 0.15) is 11.1 Å². The summed E-state index contributed by atoms with van der Waals surface area (Å²) < 4.78 is 10.5. The molecule has 0 saturated heterocycles. The first-order chi connectivity index (χ1) is 10.5. The minimum atomic E-state index is 0.517. The summed E-state index contributed by atoms with van der Waals surface area (Å²) in [7, 11) is 3.14. The Morgan fingerprint density at radius 3 is 2.32 bits per heavy atom. The smallest absolute Gasteiger partial charge is 0.179 e. The summed E-state index contributed by atoms with van der Waals surface area (Å²) in [4.78, 5) is 0. The van der Waals surface area contributed by atoms with Gasteiger partial charge in [-0.3, -0.25) is 0 Å². The number of methoxy groups -OCH3 is 2. The Balaban J connectivity index is 2.04. The summed E-state index contributed by atoms with van der Waals surface area (Å²) in [5, 5.41) is 5.10. The van der Waals surface area contributed by atoms with Crippen molar-refractivity contribution in [3.8, 4) is 11.5 Å². The lowest BCUT2D eigenvalue weighted by molar-refractivity contribution is 0.354. The lowest BCUT2D eigenvalue weighted by atomic mass is 10.2. The van der Waals surface area contributed by atoms with Crippen LogP contribution in [0.3, 0.4) is 0 Å². The molecule has 0 unspecified atom stereocenters. The van der Waals surface area contributed by atoms with Crippen molar-refractivity contribution >= 4 is 34.8 Å². The van der Waals surface area contributed by atoms with Gasteiger partial charge in [0.2, 0.25) is 0 Å². The monoisotopic (exact) mass is 359 g/mol. The Bertz CT molecular complexity index is 662. The van der Waals surface area contributed by atoms with Gasteiger partial charge in [0, 0.05) is 23.1 Å². The van der Waals surface area contributed by atoms with Crippen LogP contribution in [0.25, 0.3) is 0 Å². The fourth-order valence-electron chi connectivity index (χ4n) is 2.08. The zero-order valence-electron chi connectivity index (χ0n) is 12.3. The van der Waals surface area contributed by atoms with Gasteiger partial charge in [-0.2, -0.15) is 0 Å². The third-order valence-corrected chi connectivity index (χ3v) is 4.02. The fraction of sp³-hybridized carbons (Fsp3) is 0.250. The van der Waals surface area contributed by atoms with Crippen molar-refractivity contribution in [3.63, 3.8) is 0 Å². The highest BCUT2D eigenvalue weighted by atomic mass is 35.5. The molecule has 0 atom stereocenters. The molecule has 2 aromatic rings. The van der Waals surface area contributed by atoms with E-state index in [0.717, 1.165) is 11.1 Å². The van der Waals surface area contributed by atoms with Gasteiger partial charge in [-0.15, -0.1) is 0 Å². The maximum absolute atomic E-state index is 6.18. The first kappa shape index (κ1) is 17.2. The second-order valence-corrected chi connectivity index (χ2v) is 5.90. The maximum atomic E-state index is 6.18. The Labute approximate surface area is 145 Å². The van der Waals surface area contributed by atoms with Crippen LogP contribution in [0, 0.1) is 0 Å². The van der Waals surface area contributed by atoms with Crippen LogP contribution in [0.5, 0.6) is 11.5 Å². The average Bonchev–Trinajstić information content (AvgIpc) is 2.48. The van der Waals surface area contributed by atoms with E-state index in [4.69, 9.17) is 44.3 Å². The molecule has 0 aliphatic carbocycles. The summed E-state index contributed by atoms with van der Waals surface area (Å²) >= 11 is 18.2. The van der Waals surface area contributed by atoms with E-state index in [1.54, 1.807) is 20.3 Å². The second-order valence-electron chi connectivity index (χ2n) is 4.65. The number of halogens is 3. The van der Waals surface area contributed by atoms with Crippen molar-refractivity contribution in [3.05, 3.63) is 56.5 Å². The molecule has 6 heteroatoms. The van der Waals surface area contributed by atoms with Gasteiger partial charge in [0.05, 0.1) is 19.2 Å². The predicted octanol–water partition coefficient (Wildman–Crippen LogP) is 4.95. The number of benzene rings is 2. The standard InChI is InChI=1S/C16H16Cl3NO2/c1-21-15-6-10(5-14(19)16(15)22-2)8-20-9-11-3-4-12(17)7-13(11)18/h3-7,20H,8-9H2,1-2H3. The van der Waals surface area contributed by atoms with E-state index in [9.17, 15) is 0 Å². The molecule has 118 valence electrons. The molecule has 0 bridgehead atoms. The van der Waals surface area contributed by atoms with E-state index in [-0.39, 0.29) is 0 Å². The lowest BCUT2D eigenvalue weighted by Crippen LogP contribution is -2.13. The lowest BCUT2D eigenvalue weighted by Gasteiger charge is -2.12. The normalized spacial score (nSPS) is 10.6. The molecule has 2 aromatic carbocycles. The topological polar surface area (TPSA) is 30.5 Å². The molecule has 1 N–H and O–H groups in total. The Morgan fingerprint density at radius 2 is 1.68 bits per heavy atom. The van der Waals surface area contributed by atoms with Gasteiger partial charge in [-0.05, 0) is 35.4 Å². The largest absolute Gasteiger partial charge is 0.493 e. The van der Waals surface area contributed by atoms with Gasteiger partial charge in [0.1, 0.15) is 0 Å². The Morgan fingerprint density at radius 1 is 0.909 bits per heavy atom. The summed E-state index contributed by atoms with van der Waals surface area (Å²) in [6.45, 7) is 1.25. The van der Waals surface area contributed by atoms with Gasteiger partial charge in [0.15, 0.2) is 11.5 Å². The van der Waals surface area contributed by atoms with Gasteiger partial charge in [0.25, 0.3) is 0 Å². The minimum Gasteiger partial charge on any atom is -0.493 e. The average molecular weight is 361 g/mol. The first-order valence-corrected chi connectivity index (χ1v) is 7.73. The van der Waals surface area contributed by atoms with Crippen LogP contribution in [0.2, 0.25) is 15.1 Å². The molecular formula is C16H16Cl3NO2. The molecule has 0 aliphatic rings. The molecule has 3 nitrogen and oxygen atoms in total. The van der Waals surface area contributed by atoms with E-state index < -0.39 is 0 Å². The Kier molecular flexibility index (Phi) is 6.21. The molecule has 0 spiro atoms. The van der Waals surface area contributed by atoms with Crippen LogP contribution >= 0.6 is 34.8 Å². The van der Waals surface area contributed by atoms with E-state index >= 15 is 0 Å². The molecule has 2 rings (SSSR count). The van der Waals surface area contributed by atoms with Crippen molar-refractivity contribution in [2.75, 3.05) is 14.2 Å². The second kappa shape index (κ2) is 7.93. The van der Waals surface area contributed by atoms with Crippen LogP contribution < -0.4 is 14.8 Å². The first-order valence-electron chi connectivity index (χ1n) is 6.60. The predicted molar refractivity (Wildman–Crippen MR) is 91.6 cm³/mol. The van der Waals surface area contributed by atoms with Gasteiger partial charge in [-0.1, -0.05) is 40.9 Å². The highest BCUT2D eigenvalue weighted by molar-refractivity contribution is 6.35. The van der Waals surface area contributed by atoms with Crippen molar-refractivity contribution in [1.82, 2.24) is 5.32 Å². The molecule has 0 fully saturated rings. The van der Waals surface area contributed by atoms with Crippen molar-refractivity contribution in [2.24, 2.45) is 0 Å². The molecule has 0 saturated carbocycles. The highest BCUT2D eigenvalue weighted by Crippen LogP contribution is 2.36. The number of hydrogen-bond acceptors (Lipinski definition) is 3. The Hall–Kier alpha value is -1.13. The minimum absolute atomic E-state index is 0.517. The van der Waals surface area contributed by atoms with Crippen LogP contribution in [0.15, 0.2) is 30.3 Å². The fourth-order valence-corrected chi connectivity index (χ4v) is 2.87. The summed E-state index contributed by atoms with van der Waals surface area (Å²) in [6.07, 6.45) is 0. The third kappa shape index (κ3) is 4.20. The summed E-state index contributed by atoms with van der Waals surface area (Å²) in [5.74, 6) is 1.14. The molecule has 0 amide bonds. The van der Waals surface area contributed by atoms with Crippen LogP contribution in [-0.2, 0) is 13.1 Å². The quantitative estimate of drug-likeness (QED) is 0.790. The van der Waals surface area contributed by atoms with Crippen molar-refractivity contribution < 1.29 is 9.47 Å². The maximum Gasteiger partial charge on any atom is 0.179 e. The van der Waals surface area contributed by atoms with Crippen molar-refractivity contribution in [2.45, 2.75) is 13.1 Å². The van der Waals surface area contributed by atoms with Gasteiger partial charge in [-0.25, -0.2) is 0 Å². The summed E-state index contributed by atoms with van der Waals surface area (Å²) in [6, 6.07) is 9.19. The number of rotatable bonds is 6. The van der Waals surface area contributed by atoms with E-state index in [2.05, 4.69) is 5.32 Å². The highest BCUT2D eigenvalue weighted by Gasteiger charge is 2.10. The van der Waals surface area contributed by atoms with E-state index in [0.29, 0.717) is 39.7 Å². The number of ether oxygens (including phenoxy) is 2. The zero-order valence-corrected chi connectivity index (χ0v) is 14.5. The SMILES string of the molecule is COc1cc(CNCc2ccc(Cl)cc2Cl)cc(Cl)c1OC. The summed E-state index contributed by atoms with van der Waals surface area (Å²) in [5.41, 5.74) is 1.98. The molecule has 22 heavy (non-hydrogen) atoms. The van der Waals surface area contributed by atoms with Crippen LogP contribution in [-0.4, -0.2) is 14.2 Å². The molecule has 0 aliphatic heterocycles. The molecule has 0 radical (unpaired) electrons. The van der Waals surface area contributed by atoms with Gasteiger partial charge >= 0.3 is 0 Å². The number of nitrogens with one attached hydrogen (secondary N) is 1. The molecule has 0 heterocycles. The molecular weight excluding hydrogens is 345 g/mol. The zero-order chi connectivity index (χ0) is 16.1. The van der Waals surface area contributed by atoms with Gasteiger partial charge < -0.3 is 14.8 Å². The molecule has 0 aromatic heterocycles. The van der Waals surface area contributed by atoms with Crippen molar-refractivity contribution in [1.29, 1.82) is 0 Å².